The minimum atomic E-state index is -0.244. The molecule has 1 fully saturated rings. The van der Waals surface area contributed by atoms with Gasteiger partial charge in [-0.25, -0.2) is 0 Å². The highest BCUT2D eigenvalue weighted by Gasteiger charge is 2.26. The van der Waals surface area contributed by atoms with Gasteiger partial charge in [0.25, 0.3) is 5.91 Å². The molecule has 0 bridgehead atoms. The average molecular weight is 336 g/mol. The first-order valence-electron chi connectivity index (χ1n) is 7.44. The highest BCUT2D eigenvalue weighted by molar-refractivity contribution is 6.35. The molecule has 1 saturated heterocycles. The van der Waals surface area contributed by atoms with Crippen LogP contribution < -0.4 is 5.73 Å². The van der Waals surface area contributed by atoms with E-state index in [1.54, 1.807) is 17.3 Å². The SMILES string of the molecule is Nc1n[nH]c(C(=O)N(Cc2ccncc2)CC2CCCO2)c1Cl. The number of nitrogen functional groups attached to an aromatic ring is 1. The summed E-state index contributed by atoms with van der Waals surface area (Å²) in [6, 6.07) is 3.75. The summed E-state index contributed by atoms with van der Waals surface area (Å²) >= 11 is 6.06. The molecule has 23 heavy (non-hydrogen) atoms. The fraction of sp³-hybridized carbons (Fsp3) is 0.400. The summed E-state index contributed by atoms with van der Waals surface area (Å²) in [5.74, 6) is -0.123. The first-order chi connectivity index (χ1) is 11.1. The molecule has 2 aromatic rings. The van der Waals surface area contributed by atoms with E-state index in [4.69, 9.17) is 22.1 Å². The molecule has 3 N–H and O–H groups in total. The zero-order valence-corrected chi connectivity index (χ0v) is 13.3. The lowest BCUT2D eigenvalue weighted by molar-refractivity contribution is 0.0503. The lowest BCUT2D eigenvalue weighted by Crippen LogP contribution is -2.37. The van der Waals surface area contributed by atoms with Crippen molar-refractivity contribution >= 4 is 23.3 Å². The number of anilines is 1. The molecular weight excluding hydrogens is 318 g/mol. The van der Waals surface area contributed by atoms with Crippen LogP contribution in [0.25, 0.3) is 0 Å². The lowest BCUT2D eigenvalue weighted by atomic mass is 10.2. The number of amides is 1. The van der Waals surface area contributed by atoms with Crippen molar-refractivity contribution in [1.82, 2.24) is 20.1 Å². The topological polar surface area (TPSA) is 97.1 Å². The summed E-state index contributed by atoms with van der Waals surface area (Å²) in [6.07, 6.45) is 5.40. The number of hydrogen-bond acceptors (Lipinski definition) is 5. The predicted molar refractivity (Wildman–Crippen MR) is 86.0 cm³/mol. The minimum Gasteiger partial charge on any atom is -0.381 e. The van der Waals surface area contributed by atoms with E-state index in [9.17, 15) is 4.79 Å². The van der Waals surface area contributed by atoms with Crippen LogP contribution in [0.5, 0.6) is 0 Å². The van der Waals surface area contributed by atoms with Crippen LogP contribution in [0, 0.1) is 0 Å². The Balaban J connectivity index is 1.81. The van der Waals surface area contributed by atoms with Crippen molar-refractivity contribution in [3.63, 3.8) is 0 Å². The van der Waals surface area contributed by atoms with E-state index in [0.717, 1.165) is 25.0 Å². The molecular formula is C15H18ClN5O2. The van der Waals surface area contributed by atoms with Gasteiger partial charge in [-0.2, -0.15) is 5.10 Å². The second-order valence-electron chi connectivity index (χ2n) is 5.47. The van der Waals surface area contributed by atoms with Gasteiger partial charge in [0.2, 0.25) is 0 Å². The Morgan fingerprint density at radius 3 is 2.87 bits per heavy atom. The molecule has 122 valence electrons. The number of nitrogens with two attached hydrogens (primary N) is 1. The van der Waals surface area contributed by atoms with E-state index in [0.29, 0.717) is 13.1 Å². The lowest BCUT2D eigenvalue weighted by Gasteiger charge is -2.25. The number of halogens is 1. The third kappa shape index (κ3) is 3.62. The van der Waals surface area contributed by atoms with Gasteiger partial charge in [0, 0.05) is 32.1 Å². The van der Waals surface area contributed by atoms with Crippen LogP contribution in [0.4, 0.5) is 5.82 Å². The van der Waals surface area contributed by atoms with Crippen molar-refractivity contribution in [2.75, 3.05) is 18.9 Å². The van der Waals surface area contributed by atoms with Gasteiger partial charge in [-0.1, -0.05) is 11.6 Å². The summed E-state index contributed by atoms with van der Waals surface area (Å²) < 4.78 is 5.65. The Bertz CT molecular complexity index is 670. The van der Waals surface area contributed by atoms with E-state index in [1.807, 2.05) is 12.1 Å². The minimum absolute atomic E-state index is 0.0415. The smallest absolute Gasteiger partial charge is 0.273 e. The van der Waals surface area contributed by atoms with E-state index < -0.39 is 0 Å². The van der Waals surface area contributed by atoms with Crippen molar-refractivity contribution in [3.05, 3.63) is 40.8 Å². The molecule has 0 saturated carbocycles. The zero-order chi connectivity index (χ0) is 16.2. The average Bonchev–Trinajstić information content (AvgIpc) is 3.18. The van der Waals surface area contributed by atoms with E-state index in [-0.39, 0.29) is 28.5 Å². The summed E-state index contributed by atoms with van der Waals surface area (Å²) in [6.45, 7) is 1.67. The van der Waals surface area contributed by atoms with E-state index >= 15 is 0 Å². The maximum absolute atomic E-state index is 12.8. The fourth-order valence-corrected chi connectivity index (χ4v) is 2.77. The Morgan fingerprint density at radius 1 is 1.48 bits per heavy atom. The van der Waals surface area contributed by atoms with Gasteiger partial charge in [-0.15, -0.1) is 0 Å². The molecule has 0 aromatic carbocycles. The van der Waals surface area contributed by atoms with Crippen molar-refractivity contribution in [2.24, 2.45) is 0 Å². The van der Waals surface area contributed by atoms with E-state index in [2.05, 4.69) is 15.2 Å². The summed E-state index contributed by atoms with van der Waals surface area (Å²) in [7, 11) is 0. The second kappa shape index (κ2) is 6.97. The maximum Gasteiger partial charge on any atom is 0.273 e. The third-order valence-corrected chi connectivity index (χ3v) is 4.19. The van der Waals surface area contributed by atoms with Gasteiger partial charge in [0.1, 0.15) is 10.7 Å². The molecule has 3 heterocycles. The predicted octanol–water partition coefficient (Wildman–Crippen LogP) is 1.86. The van der Waals surface area contributed by atoms with Gasteiger partial charge in [-0.05, 0) is 30.5 Å². The fourth-order valence-electron chi connectivity index (χ4n) is 2.60. The van der Waals surface area contributed by atoms with Crippen molar-refractivity contribution in [3.8, 4) is 0 Å². The van der Waals surface area contributed by atoms with Crippen LogP contribution >= 0.6 is 11.6 Å². The molecule has 1 aliphatic rings. The number of aromatic nitrogens is 3. The molecule has 7 nitrogen and oxygen atoms in total. The van der Waals surface area contributed by atoms with Crippen LogP contribution in [0.2, 0.25) is 5.02 Å². The number of H-pyrrole nitrogens is 1. The summed E-state index contributed by atoms with van der Waals surface area (Å²) in [4.78, 5) is 18.5. The second-order valence-corrected chi connectivity index (χ2v) is 5.85. The Kier molecular flexibility index (Phi) is 4.78. The summed E-state index contributed by atoms with van der Waals surface area (Å²) in [5.41, 5.74) is 6.80. The van der Waals surface area contributed by atoms with Crippen LogP contribution in [-0.4, -0.2) is 45.2 Å². The number of aromatic amines is 1. The van der Waals surface area contributed by atoms with Gasteiger partial charge < -0.3 is 15.4 Å². The van der Waals surface area contributed by atoms with Crippen molar-refractivity contribution in [2.45, 2.75) is 25.5 Å². The standard InChI is InChI=1S/C15H18ClN5O2/c16-12-13(19-20-14(12)17)15(22)21(9-11-2-1-7-23-11)8-10-3-5-18-6-4-10/h3-6,11H,1-2,7-9H2,(H3,17,19,20). The van der Waals surface area contributed by atoms with Crippen LogP contribution in [0.1, 0.15) is 28.9 Å². The number of nitrogens with one attached hydrogen (secondary N) is 1. The normalized spacial score (nSPS) is 17.3. The highest BCUT2D eigenvalue weighted by Crippen LogP contribution is 2.23. The maximum atomic E-state index is 12.8. The molecule has 2 aromatic heterocycles. The molecule has 3 rings (SSSR count). The Labute approximate surface area is 138 Å². The number of carbonyl (C=O) groups excluding carboxylic acids is 1. The van der Waals surface area contributed by atoms with Crippen LogP contribution in [0.3, 0.4) is 0 Å². The van der Waals surface area contributed by atoms with Crippen molar-refractivity contribution in [1.29, 1.82) is 0 Å². The molecule has 8 heteroatoms. The molecule has 0 aliphatic carbocycles. The highest BCUT2D eigenvalue weighted by atomic mass is 35.5. The Hall–Kier alpha value is -2.12. The molecule has 1 unspecified atom stereocenters. The third-order valence-electron chi connectivity index (χ3n) is 3.80. The zero-order valence-electron chi connectivity index (χ0n) is 12.5. The van der Waals surface area contributed by atoms with Crippen LogP contribution in [-0.2, 0) is 11.3 Å². The molecule has 0 spiro atoms. The monoisotopic (exact) mass is 335 g/mol. The number of carbonyl (C=O) groups is 1. The van der Waals surface area contributed by atoms with Crippen molar-refractivity contribution < 1.29 is 9.53 Å². The van der Waals surface area contributed by atoms with Gasteiger partial charge in [-0.3, -0.25) is 14.9 Å². The largest absolute Gasteiger partial charge is 0.381 e. The number of hydrogen-bond donors (Lipinski definition) is 2. The van der Waals surface area contributed by atoms with E-state index in [1.165, 1.54) is 0 Å². The number of rotatable bonds is 5. The van der Waals surface area contributed by atoms with Gasteiger partial charge >= 0.3 is 0 Å². The van der Waals surface area contributed by atoms with Gasteiger partial charge in [0.15, 0.2) is 5.82 Å². The first kappa shape index (κ1) is 15.8. The van der Waals surface area contributed by atoms with Gasteiger partial charge in [0.05, 0.1) is 6.10 Å². The molecule has 1 amide bonds. The number of pyridine rings is 1. The molecule has 1 aliphatic heterocycles. The molecule has 0 radical (unpaired) electrons. The Morgan fingerprint density at radius 2 is 2.26 bits per heavy atom. The quantitative estimate of drug-likeness (QED) is 0.869. The number of nitrogens with zero attached hydrogens (tertiary/aromatic N) is 3. The van der Waals surface area contributed by atoms with Crippen LogP contribution in [0.15, 0.2) is 24.5 Å². The molecule has 1 atom stereocenters. The summed E-state index contributed by atoms with van der Waals surface area (Å²) in [5, 5.41) is 6.56. The number of ether oxygens (including phenoxy) is 1. The first-order valence-corrected chi connectivity index (χ1v) is 7.82.